The highest BCUT2D eigenvalue weighted by molar-refractivity contribution is 5.33. The Bertz CT molecular complexity index is 322. The van der Waals surface area contributed by atoms with Crippen molar-refractivity contribution in [1.29, 1.82) is 0 Å². The molecule has 13 heavy (non-hydrogen) atoms. The second-order valence-electron chi connectivity index (χ2n) is 4.35. The van der Waals surface area contributed by atoms with Crippen LogP contribution >= 0.6 is 0 Å². The van der Waals surface area contributed by atoms with Gasteiger partial charge < -0.3 is 10.3 Å². The first-order chi connectivity index (χ1) is 5.97. The Morgan fingerprint density at radius 3 is 2.69 bits per heavy atom. The van der Waals surface area contributed by atoms with Crippen LogP contribution in [0, 0.1) is 5.41 Å². The van der Waals surface area contributed by atoms with Crippen molar-refractivity contribution in [2.24, 2.45) is 5.41 Å². The van der Waals surface area contributed by atoms with E-state index in [1.165, 1.54) is 6.07 Å². The van der Waals surface area contributed by atoms with E-state index < -0.39 is 0 Å². The van der Waals surface area contributed by atoms with Gasteiger partial charge in [0.25, 0.3) is 0 Å². The van der Waals surface area contributed by atoms with Crippen LogP contribution in [0.3, 0.4) is 0 Å². The molecule has 0 saturated carbocycles. The molecule has 0 radical (unpaired) electrons. The largest absolute Gasteiger partial charge is 0.371 e. The molecule has 3 heteroatoms. The fraction of sp³-hybridized carbons (Fsp3) is 0.500. The summed E-state index contributed by atoms with van der Waals surface area (Å²) in [5.41, 5.74) is 0.238. The van der Waals surface area contributed by atoms with Crippen LogP contribution in [0.4, 0.5) is 5.82 Å². The highest BCUT2D eigenvalue weighted by Gasteiger charge is 2.09. The lowest BCUT2D eigenvalue weighted by Gasteiger charge is -2.19. The highest BCUT2D eigenvalue weighted by atomic mass is 16.1. The highest BCUT2D eigenvalue weighted by Crippen LogP contribution is 2.12. The van der Waals surface area contributed by atoms with Gasteiger partial charge in [0.15, 0.2) is 5.43 Å². The summed E-state index contributed by atoms with van der Waals surface area (Å²) in [5, 5.41) is 3.17. The molecule has 1 aromatic heterocycles. The maximum atomic E-state index is 11.0. The first-order valence-electron chi connectivity index (χ1n) is 4.40. The van der Waals surface area contributed by atoms with Crippen LogP contribution in [0.2, 0.25) is 0 Å². The number of H-pyrrole nitrogens is 1. The van der Waals surface area contributed by atoms with Crippen molar-refractivity contribution in [3.05, 3.63) is 28.6 Å². The zero-order valence-electron chi connectivity index (χ0n) is 8.35. The van der Waals surface area contributed by atoms with Crippen molar-refractivity contribution in [2.45, 2.75) is 20.8 Å². The fourth-order valence-corrected chi connectivity index (χ4v) is 0.908. The van der Waals surface area contributed by atoms with Gasteiger partial charge in [0.2, 0.25) is 0 Å². The topological polar surface area (TPSA) is 44.9 Å². The van der Waals surface area contributed by atoms with Crippen LogP contribution in [0.1, 0.15) is 20.8 Å². The van der Waals surface area contributed by atoms with Gasteiger partial charge in [0.05, 0.1) is 0 Å². The second-order valence-corrected chi connectivity index (χ2v) is 4.35. The Morgan fingerprint density at radius 2 is 2.15 bits per heavy atom. The van der Waals surface area contributed by atoms with Gasteiger partial charge >= 0.3 is 0 Å². The molecule has 0 atom stereocenters. The molecular formula is C10H16N2O. The molecule has 0 amide bonds. The van der Waals surface area contributed by atoms with Crippen molar-refractivity contribution in [3.8, 4) is 0 Å². The summed E-state index contributed by atoms with van der Waals surface area (Å²) in [4.78, 5) is 13.9. The minimum absolute atomic E-state index is 0.0233. The lowest BCUT2D eigenvalue weighted by Crippen LogP contribution is -2.20. The van der Waals surface area contributed by atoms with Gasteiger partial charge in [-0.2, -0.15) is 0 Å². The molecule has 0 aliphatic carbocycles. The molecule has 72 valence electrons. The number of pyridine rings is 1. The van der Waals surface area contributed by atoms with Crippen molar-refractivity contribution in [2.75, 3.05) is 11.9 Å². The van der Waals surface area contributed by atoms with Crippen molar-refractivity contribution in [1.82, 2.24) is 4.98 Å². The predicted octanol–water partition coefficient (Wildman–Crippen LogP) is 1.83. The second kappa shape index (κ2) is 3.64. The maximum Gasteiger partial charge on any atom is 0.183 e. The van der Waals surface area contributed by atoms with E-state index in [1.807, 2.05) is 0 Å². The Morgan fingerprint density at radius 1 is 1.46 bits per heavy atom. The molecular weight excluding hydrogens is 164 g/mol. The lowest BCUT2D eigenvalue weighted by molar-refractivity contribution is 0.442. The lowest BCUT2D eigenvalue weighted by atomic mass is 9.97. The minimum Gasteiger partial charge on any atom is -0.371 e. The Labute approximate surface area is 78.2 Å². The predicted molar refractivity (Wildman–Crippen MR) is 55.0 cm³/mol. The molecule has 1 aromatic rings. The third-order valence-corrected chi connectivity index (χ3v) is 1.58. The Balaban J connectivity index is 2.60. The Hall–Kier alpha value is -1.25. The average molecular weight is 180 g/mol. The number of anilines is 1. The average Bonchev–Trinajstić information content (AvgIpc) is 2.00. The van der Waals surface area contributed by atoms with Gasteiger partial charge in [-0.1, -0.05) is 20.8 Å². The van der Waals surface area contributed by atoms with Crippen LogP contribution in [0.5, 0.6) is 0 Å². The number of nitrogens with one attached hydrogen (secondary N) is 2. The number of rotatable bonds is 2. The van der Waals surface area contributed by atoms with E-state index in [-0.39, 0.29) is 10.8 Å². The van der Waals surface area contributed by atoms with Gasteiger partial charge in [-0.3, -0.25) is 4.79 Å². The number of hydrogen-bond donors (Lipinski definition) is 2. The van der Waals surface area contributed by atoms with E-state index in [0.29, 0.717) is 0 Å². The van der Waals surface area contributed by atoms with Crippen LogP contribution in [-0.4, -0.2) is 11.5 Å². The molecule has 1 heterocycles. The third kappa shape index (κ3) is 3.78. The normalized spacial score (nSPS) is 11.3. The summed E-state index contributed by atoms with van der Waals surface area (Å²) in [5.74, 6) is 0.780. The summed E-state index contributed by atoms with van der Waals surface area (Å²) in [6, 6.07) is 3.06. The first kappa shape index (κ1) is 9.84. The molecule has 3 nitrogen and oxygen atoms in total. The van der Waals surface area contributed by atoms with Gasteiger partial charge in [-0.05, 0) is 5.41 Å². The van der Waals surface area contributed by atoms with Crippen LogP contribution in [0.25, 0.3) is 0 Å². The maximum absolute atomic E-state index is 11.0. The SMILES string of the molecule is CC(C)(C)CNc1cc(=O)cc[nH]1. The van der Waals surface area contributed by atoms with Crippen molar-refractivity contribution >= 4 is 5.82 Å². The summed E-state index contributed by atoms with van der Waals surface area (Å²) >= 11 is 0. The van der Waals surface area contributed by atoms with E-state index in [4.69, 9.17) is 0 Å². The number of aromatic nitrogens is 1. The summed E-state index contributed by atoms with van der Waals surface area (Å²) in [6.45, 7) is 7.26. The zero-order valence-corrected chi connectivity index (χ0v) is 8.35. The standard InChI is InChI=1S/C10H16N2O/c1-10(2,3)7-12-9-6-8(13)4-5-11-9/h4-6H,7H2,1-3H3,(H2,11,12,13). The summed E-state index contributed by atoms with van der Waals surface area (Å²) < 4.78 is 0. The van der Waals surface area contributed by atoms with Gasteiger partial charge in [-0.25, -0.2) is 0 Å². The zero-order chi connectivity index (χ0) is 9.90. The van der Waals surface area contributed by atoms with Crippen molar-refractivity contribution in [3.63, 3.8) is 0 Å². The van der Waals surface area contributed by atoms with Gasteiger partial charge in [0, 0.05) is 24.9 Å². The summed E-state index contributed by atoms with van der Waals surface area (Å²) in [6.07, 6.45) is 1.65. The fourth-order valence-electron chi connectivity index (χ4n) is 0.908. The van der Waals surface area contributed by atoms with E-state index in [2.05, 4.69) is 31.1 Å². The smallest absolute Gasteiger partial charge is 0.183 e. The molecule has 0 aliphatic rings. The number of aromatic amines is 1. The summed E-state index contributed by atoms with van der Waals surface area (Å²) in [7, 11) is 0. The van der Waals surface area contributed by atoms with E-state index in [0.717, 1.165) is 12.4 Å². The van der Waals surface area contributed by atoms with Crippen LogP contribution in [-0.2, 0) is 0 Å². The minimum atomic E-state index is 0.0233. The molecule has 0 aliphatic heterocycles. The molecule has 0 saturated heterocycles. The molecule has 0 bridgehead atoms. The quantitative estimate of drug-likeness (QED) is 0.729. The van der Waals surface area contributed by atoms with Gasteiger partial charge in [-0.15, -0.1) is 0 Å². The first-order valence-corrected chi connectivity index (χ1v) is 4.40. The van der Waals surface area contributed by atoms with Crippen LogP contribution < -0.4 is 10.7 Å². The van der Waals surface area contributed by atoms with Gasteiger partial charge in [0.1, 0.15) is 5.82 Å². The molecule has 0 spiro atoms. The molecule has 2 N–H and O–H groups in total. The van der Waals surface area contributed by atoms with E-state index in [1.54, 1.807) is 12.3 Å². The van der Waals surface area contributed by atoms with E-state index in [9.17, 15) is 4.79 Å². The molecule has 0 fully saturated rings. The number of hydrogen-bond acceptors (Lipinski definition) is 2. The molecule has 0 aromatic carbocycles. The molecule has 1 rings (SSSR count). The third-order valence-electron chi connectivity index (χ3n) is 1.58. The van der Waals surface area contributed by atoms with Crippen molar-refractivity contribution < 1.29 is 0 Å². The monoisotopic (exact) mass is 180 g/mol. The van der Waals surface area contributed by atoms with E-state index >= 15 is 0 Å². The Kier molecular flexibility index (Phi) is 2.76. The molecule has 0 unspecified atom stereocenters. The van der Waals surface area contributed by atoms with Crippen LogP contribution in [0.15, 0.2) is 23.1 Å².